The number of anilines is 3. The van der Waals surface area contributed by atoms with E-state index in [0.717, 1.165) is 0 Å². The minimum Gasteiger partial charge on any atom is -0.310 e. The van der Waals surface area contributed by atoms with Gasteiger partial charge in [0.15, 0.2) is 0 Å². The van der Waals surface area contributed by atoms with Crippen molar-refractivity contribution in [3.8, 4) is 0 Å². The van der Waals surface area contributed by atoms with Crippen LogP contribution in [0.4, 0.5) is 17.1 Å². The average Bonchev–Trinajstić information content (AvgIpc) is 2.74. The molecule has 0 aromatic heterocycles. The molecule has 0 radical (unpaired) electrons. The first-order chi connectivity index (χ1) is 14.0. The molecule has 0 saturated carbocycles. The molecule has 0 aliphatic rings. The maximum absolute atomic E-state index is 2.35. The SMILES string of the molecule is CC(C)c1ccc(N(c2ccc(C(C)C)cc2)c2ccc3ccccc3c2)cc1. The van der Waals surface area contributed by atoms with Crippen LogP contribution in [0.2, 0.25) is 0 Å². The van der Waals surface area contributed by atoms with Gasteiger partial charge in [0, 0.05) is 17.1 Å². The summed E-state index contributed by atoms with van der Waals surface area (Å²) in [5, 5.41) is 2.52. The van der Waals surface area contributed by atoms with Crippen LogP contribution < -0.4 is 4.90 Å². The van der Waals surface area contributed by atoms with Crippen LogP contribution in [0.25, 0.3) is 10.8 Å². The normalized spacial score (nSPS) is 11.4. The van der Waals surface area contributed by atoms with E-state index in [1.54, 1.807) is 0 Å². The van der Waals surface area contributed by atoms with Gasteiger partial charge in [0.05, 0.1) is 0 Å². The number of hydrogen-bond donors (Lipinski definition) is 0. The molecule has 0 atom stereocenters. The minimum absolute atomic E-state index is 0.531. The second kappa shape index (κ2) is 8.13. The zero-order valence-electron chi connectivity index (χ0n) is 17.8. The maximum atomic E-state index is 2.35. The van der Waals surface area contributed by atoms with Gasteiger partial charge in [0.25, 0.3) is 0 Å². The Morgan fingerprint density at radius 2 is 0.931 bits per heavy atom. The van der Waals surface area contributed by atoms with Crippen molar-refractivity contribution in [1.82, 2.24) is 0 Å². The van der Waals surface area contributed by atoms with E-state index in [0.29, 0.717) is 11.8 Å². The van der Waals surface area contributed by atoms with Crippen LogP contribution in [0.1, 0.15) is 50.7 Å². The topological polar surface area (TPSA) is 3.24 Å². The van der Waals surface area contributed by atoms with Gasteiger partial charge in [-0.2, -0.15) is 0 Å². The highest BCUT2D eigenvalue weighted by molar-refractivity contribution is 5.89. The molecule has 0 amide bonds. The van der Waals surface area contributed by atoms with Crippen molar-refractivity contribution in [2.45, 2.75) is 39.5 Å². The van der Waals surface area contributed by atoms with Gasteiger partial charge in [-0.1, -0.05) is 82.3 Å². The molecule has 1 nitrogen and oxygen atoms in total. The van der Waals surface area contributed by atoms with E-state index in [9.17, 15) is 0 Å². The van der Waals surface area contributed by atoms with E-state index < -0.39 is 0 Å². The summed E-state index contributed by atoms with van der Waals surface area (Å²) >= 11 is 0. The van der Waals surface area contributed by atoms with Gasteiger partial charge in [-0.25, -0.2) is 0 Å². The lowest BCUT2D eigenvalue weighted by atomic mass is 10.0. The fourth-order valence-corrected chi connectivity index (χ4v) is 3.78. The number of hydrogen-bond acceptors (Lipinski definition) is 1. The summed E-state index contributed by atoms with van der Waals surface area (Å²) in [6.07, 6.45) is 0. The van der Waals surface area contributed by atoms with E-state index in [4.69, 9.17) is 0 Å². The fourth-order valence-electron chi connectivity index (χ4n) is 3.78. The third-order valence-corrected chi connectivity index (χ3v) is 5.63. The second-order valence-electron chi connectivity index (χ2n) is 8.36. The van der Waals surface area contributed by atoms with Crippen molar-refractivity contribution in [1.29, 1.82) is 0 Å². The monoisotopic (exact) mass is 379 g/mol. The van der Waals surface area contributed by atoms with E-state index in [1.165, 1.54) is 39.0 Å². The first-order valence-electron chi connectivity index (χ1n) is 10.5. The predicted octanol–water partition coefficient (Wildman–Crippen LogP) is 8.56. The average molecular weight is 380 g/mol. The Morgan fingerprint density at radius 3 is 1.41 bits per heavy atom. The summed E-state index contributed by atoms with van der Waals surface area (Å²) < 4.78 is 0. The summed E-state index contributed by atoms with van der Waals surface area (Å²) in [7, 11) is 0. The van der Waals surface area contributed by atoms with E-state index in [-0.39, 0.29) is 0 Å². The molecule has 0 aliphatic carbocycles. The number of rotatable bonds is 5. The summed E-state index contributed by atoms with van der Waals surface area (Å²) in [5.41, 5.74) is 6.27. The minimum atomic E-state index is 0.531. The Bertz CT molecular complexity index is 1040. The van der Waals surface area contributed by atoms with Crippen molar-refractivity contribution in [3.63, 3.8) is 0 Å². The molecular weight excluding hydrogens is 350 g/mol. The van der Waals surface area contributed by atoms with Gasteiger partial charge in [-0.05, 0) is 70.1 Å². The third-order valence-electron chi connectivity index (χ3n) is 5.63. The highest BCUT2D eigenvalue weighted by atomic mass is 15.1. The molecule has 4 aromatic rings. The summed E-state index contributed by atoms with van der Waals surface area (Å²) in [5.74, 6) is 1.06. The van der Waals surface area contributed by atoms with Crippen LogP contribution in [-0.2, 0) is 0 Å². The van der Waals surface area contributed by atoms with Crippen molar-refractivity contribution >= 4 is 27.8 Å². The molecule has 0 fully saturated rings. The van der Waals surface area contributed by atoms with Crippen LogP contribution in [0.15, 0.2) is 91.0 Å². The van der Waals surface area contributed by atoms with Gasteiger partial charge in [-0.15, -0.1) is 0 Å². The van der Waals surface area contributed by atoms with Crippen LogP contribution in [0, 0.1) is 0 Å². The Labute approximate surface area is 174 Å². The third kappa shape index (κ3) is 4.05. The van der Waals surface area contributed by atoms with Crippen molar-refractivity contribution in [3.05, 3.63) is 102 Å². The lowest BCUT2D eigenvalue weighted by molar-refractivity contribution is 0.866. The number of benzene rings is 4. The van der Waals surface area contributed by atoms with E-state index in [1.807, 2.05) is 0 Å². The largest absolute Gasteiger partial charge is 0.310 e. The number of nitrogens with zero attached hydrogens (tertiary/aromatic N) is 1. The van der Waals surface area contributed by atoms with Crippen LogP contribution in [0.5, 0.6) is 0 Å². The molecule has 29 heavy (non-hydrogen) atoms. The molecule has 1 heteroatoms. The number of fused-ring (bicyclic) bond motifs is 1. The fraction of sp³-hybridized carbons (Fsp3) is 0.214. The standard InChI is InChI=1S/C28H29N/c1-20(2)22-9-14-26(15-10-22)29(27-16-11-23(12-17-27)21(3)4)28-18-13-24-7-5-6-8-25(24)19-28/h5-21H,1-4H3. The first-order valence-corrected chi connectivity index (χ1v) is 10.5. The Balaban J connectivity index is 1.83. The molecule has 0 heterocycles. The zero-order valence-corrected chi connectivity index (χ0v) is 17.8. The molecule has 4 aromatic carbocycles. The second-order valence-corrected chi connectivity index (χ2v) is 8.36. The predicted molar refractivity (Wildman–Crippen MR) is 127 cm³/mol. The highest BCUT2D eigenvalue weighted by Crippen LogP contribution is 2.37. The van der Waals surface area contributed by atoms with Gasteiger partial charge in [0.2, 0.25) is 0 Å². The molecule has 0 aliphatic heterocycles. The molecule has 0 bridgehead atoms. The molecule has 0 unspecified atom stereocenters. The Hall–Kier alpha value is -3.06. The molecule has 0 saturated heterocycles. The van der Waals surface area contributed by atoms with Crippen molar-refractivity contribution in [2.75, 3.05) is 4.90 Å². The smallest absolute Gasteiger partial charge is 0.0468 e. The van der Waals surface area contributed by atoms with Gasteiger partial charge in [-0.3, -0.25) is 0 Å². The molecule has 4 rings (SSSR count). The van der Waals surface area contributed by atoms with Crippen LogP contribution in [0.3, 0.4) is 0 Å². The highest BCUT2D eigenvalue weighted by Gasteiger charge is 2.14. The van der Waals surface area contributed by atoms with Gasteiger partial charge < -0.3 is 4.90 Å². The molecule has 0 spiro atoms. The van der Waals surface area contributed by atoms with E-state index in [2.05, 4.69) is 124 Å². The van der Waals surface area contributed by atoms with Gasteiger partial charge in [0.1, 0.15) is 0 Å². The maximum Gasteiger partial charge on any atom is 0.0468 e. The lowest BCUT2D eigenvalue weighted by Gasteiger charge is -2.26. The van der Waals surface area contributed by atoms with Crippen molar-refractivity contribution in [2.24, 2.45) is 0 Å². The molecular formula is C28H29N. The Kier molecular flexibility index (Phi) is 5.40. The first kappa shape index (κ1) is 19.3. The van der Waals surface area contributed by atoms with Crippen LogP contribution in [-0.4, -0.2) is 0 Å². The summed E-state index contributed by atoms with van der Waals surface area (Å²) in [6, 6.07) is 33.2. The summed E-state index contributed by atoms with van der Waals surface area (Å²) in [6.45, 7) is 8.95. The summed E-state index contributed by atoms with van der Waals surface area (Å²) in [4.78, 5) is 2.35. The molecule has 146 valence electrons. The van der Waals surface area contributed by atoms with Gasteiger partial charge >= 0.3 is 0 Å². The molecule has 0 N–H and O–H groups in total. The quantitative estimate of drug-likeness (QED) is 0.336. The van der Waals surface area contributed by atoms with E-state index >= 15 is 0 Å². The van der Waals surface area contributed by atoms with Crippen molar-refractivity contribution < 1.29 is 0 Å². The zero-order chi connectivity index (χ0) is 20.4. The van der Waals surface area contributed by atoms with Crippen LogP contribution >= 0.6 is 0 Å². The Morgan fingerprint density at radius 1 is 0.483 bits per heavy atom. The lowest BCUT2D eigenvalue weighted by Crippen LogP contribution is -2.10.